The molecule has 0 fully saturated rings. The molecule has 2 rings (SSSR count). The highest BCUT2D eigenvalue weighted by molar-refractivity contribution is 7.12. The molecule has 0 unspecified atom stereocenters. The molecule has 25 heavy (non-hydrogen) atoms. The van der Waals surface area contributed by atoms with E-state index in [4.69, 9.17) is 5.26 Å². The van der Waals surface area contributed by atoms with Crippen molar-refractivity contribution in [2.75, 3.05) is 20.1 Å². The van der Waals surface area contributed by atoms with Crippen LogP contribution in [0.4, 0.5) is 0 Å². The van der Waals surface area contributed by atoms with E-state index in [1.807, 2.05) is 30.5 Å². The second-order valence-corrected chi connectivity index (χ2v) is 6.71. The van der Waals surface area contributed by atoms with Crippen molar-refractivity contribution in [3.05, 3.63) is 57.8 Å². The Labute approximate surface area is 152 Å². The van der Waals surface area contributed by atoms with Crippen molar-refractivity contribution < 1.29 is 9.59 Å². The summed E-state index contributed by atoms with van der Waals surface area (Å²) in [5.74, 6) is -0.225. The smallest absolute Gasteiger partial charge is 0.264 e. The number of likely N-dealkylation sites (N-methyl/N-ethyl adjacent to an activating group) is 1. The Kier molecular flexibility index (Phi) is 6.72. The van der Waals surface area contributed by atoms with Gasteiger partial charge in [-0.3, -0.25) is 9.59 Å². The minimum atomic E-state index is -0.141. The minimum absolute atomic E-state index is 0.0486. The maximum absolute atomic E-state index is 12.6. The highest BCUT2D eigenvalue weighted by Gasteiger charge is 2.19. The largest absolute Gasteiger partial charge is 0.337 e. The van der Waals surface area contributed by atoms with Crippen LogP contribution in [0.25, 0.3) is 0 Å². The number of hydrogen-bond acceptors (Lipinski definition) is 4. The predicted molar refractivity (Wildman–Crippen MR) is 98.1 cm³/mol. The van der Waals surface area contributed by atoms with Gasteiger partial charge in [0.15, 0.2) is 0 Å². The third-order valence-corrected chi connectivity index (χ3v) is 4.61. The summed E-state index contributed by atoms with van der Waals surface area (Å²) in [6.45, 7) is 3.16. The Bertz CT molecular complexity index is 748. The molecule has 0 aliphatic heterocycles. The van der Waals surface area contributed by atoms with Crippen LogP contribution in [-0.2, 0) is 11.3 Å². The zero-order chi connectivity index (χ0) is 18.2. The van der Waals surface area contributed by atoms with E-state index < -0.39 is 0 Å². The molecular weight excluding hydrogens is 334 g/mol. The lowest BCUT2D eigenvalue weighted by molar-refractivity contribution is -0.132. The first-order chi connectivity index (χ1) is 12.0. The summed E-state index contributed by atoms with van der Waals surface area (Å²) < 4.78 is 0. The monoisotopic (exact) mass is 355 g/mol. The van der Waals surface area contributed by atoms with E-state index in [0.717, 1.165) is 12.0 Å². The van der Waals surface area contributed by atoms with Gasteiger partial charge in [-0.1, -0.05) is 25.1 Å². The summed E-state index contributed by atoms with van der Waals surface area (Å²) in [5.41, 5.74) is 1.56. The average molecular weight is 355 g/mol. The summed E-state index contributed by atoms with van der Waals surface area (Å²) in [4.78, 5) is 28.7. The predicted octanol–water partition coefficient (Wildman–Crippen LogP) is 3.13. The molecule has 0 aliphatic rings. The molecule has 0 saturated carbocycles. The maximum atomic E-state index is 12.6. The molecule has 1 heterocycles. The third-order valence-electron chi connectivity index (χ3n) is 3.75. The quantitative estimate of drug-likeness (QED) is 0.766. The lowest BCUT2D eigenvalue weighted by Crippen LogP contribution is -2.41. The van der Waals surface area contributed by atoms with Gasteiger partial charge >= 0.3 is 0 Å². The van der Waals surface area contributed by atoms with Crippen LogP contribution in [0, 0.1) is 11.3 Å². The van der Waals surface area contributed by atoms with Crippen molar-refractivity contribution >= 4 is 23.2 Å². The first-order valence-electron chi connectivity index (χ1n) is 8.11. The van der Waals surface area contributed by atoms with Gasteiger partial charge in [-0.15, -0.1) is 11.3 Å². The van der Waals surface area contributed by atoms with Gasteiger partial charge in [-0.05, 0) is 35.6 Å². The van der Waals surface area contributed by atoms with E-state index in [9.17, 15) is 9.59 Å². The molecule has 0 N–H and O–H groups in total. The molecular formula is C19H21N3O2S. The summed E-state index contributed by atoms with van der Waals surface area (Å²) in [5, 5.41) is 10.7. The molecule has 2 aromatic rings. The van der Waals surface area contributed by atoms with Gasteiger partial charge in [0.25, 0.3) is 5.91 Å². The minimum Gasteiger partial charge on any atom is -0.337 e. The molecule has 1 aromatic carbocycles. The van der Waals surface area contributed by atoms with E-state index in [-0.39, 0.29) is 18.4 Å². The van der Waals surface area contributed by atoms with E-state index in [0.29, 0.717) is 23.5 Å². The van der Waals surface area contributed by atoms with E-state index in [1.54, 1.807) is 30.1 Å². The number of carbonyl (C=O) groups is 2. The van der Waals surface area contributed by atoms with Gasteiger partial charge in [0.05, 0.1) is 23.1 Å². The van der Waals surface area contributed by atoms with E-state index >= 15 is 0 Å². The Hall–Kier alpha value is -2.65. The molecule has 130 valence electrons. The van der Waals surface area contributed by atoms with Crippen LogP contribution in [0.2, 0.25) is 0 Å². The molecule has 0 saturated heterocycles. The third kappa shape index (κ3) is 5.16. The first kappa shape index (κ1) is 18.7. The Balaban J connectivity index is 2.01. The second-order valence-electron chi connectivity index (χ2n) is 5.76. The average Bonchev–Trinajstić information content (AvgIpc) is 3.15. The topological polar surface area (TPSA) is 64.4 Å². The van der Waals surface area contributed by atoms with Gasteiger partial charge in [0.2, 0.25) is 5.91 Å². The van der Waals surface area contributed by atoms with E-state index in [2.05, 4.69) is 6.07 Å². The van der Waals surface area contributed by atoms with Crippen molar-refractivity contribution in [1.82, 2.24) is 9.80 Å². The number of hydrogen-bond donors (Lipinski definition) is 0. The maximum Gasteiger partial charge on any atom is 0.264 e. The molecule has 0 atom stereocenters. The first-order valence-corrected chi connectivity index (χ1v) is 8.99. The zero-order valence-electron chi connectivity index (χ0n) is 14.4. The SMILES string of the molecule is CCCN(Cc1ccc(C#N)cc1)C(=O)CN(C)C(=O)c1cccs1. The van der Waals surface area contributed by atoms with Crippen molar-refractivity contribution in [2.45, 2.75) is 19.9 Å². The number of benzene rings is 1. The van der Waals surface area contributed by atoms with Crippen molar-refractivity contribution in [3.8, 4) is 6.07 Å². The van der Waals surface area contributed by atoms with Gasteiger partial charge in [0, 0.05) is 20.1 Å². The van der Waals surface area contributed by atoms with Crippen LogP contribution in [0.3, 0.4) is 0 Å². The number of rotatable bonds is 7. The lowest BCUT2D eigenvalue weighted by atomic mass is 10.1. The summed E-state index contributed by atoms with van der Waals surface area (Å²) in [6.07, 6.45) is 0.838. The van der Waals surface area contributed by atoms with Gasteiger partial charge in [0.1, 0.15) is 0 Å². The summed E-state index contributed by atoms with van der Waals surface area (Å²) >= 11 is 1.37. The van der Waals surface area contributed by atoms with Gasteiger partial charge in [-0.25, -0.2) is 0 Å². The molecule has 0 radical (unpaired) electrons. The van der Waals surface area contributed by atoms with Crippen molar-refractivity contribution in [3.63, 3.8) is 0 Å². The number of nitrogens with zero attached hydrogens (tertiary/aromatic N) is 3. The fourth-order valence-electron chi connectivity index (χ4n) is 2.43. The molecule has 0 aliphatic carbocycles. The standard InChI is InChI=1S/C19H21N3O2S/c1-3-10-22(13-16-8-6-15(12-20)7-9-16)18(23)14-21(2)19(24)17-5-4-11-25-17/h4-9,11H,3,10,13-14H2,1-2H3. The van der Waals surface area contributed by atoms with Crippen LogP contribution in [0.15, 0.2) is 41.8 Å². The van der Waals surface area contributed by atoms with Gasteiger partial charge in [-0.2, -0.15) is 5.26 Å². The van der Waals surface area contributed by atoms with Gasteiger partial charge < -0.3 is 9.80 Å². The number of carbonyl (C=O) groups excluding carboxylic acids is 2. The van der Waals surface area contributed by atoms with Crippen LogP contribution in [0.1, 0.15) is 34.1 Å². The zero-order valence-corrected chi connectivity index (χ0v) is 15.3. The molecule has 0 spiro atoms. The molecule has 2 amide bonds. The van der Waals surface area contributed by atoms with Crippen LogP contribution < -0.4 is 0 Å². The van der Waals surface area contributed by atoms with Crippen LogP contribution in [0.5, 0.6) is 0 Å². The van der Waals surface area contributed by atoms with Crippen molar-refractivity contribution in [1.29, 1.82) is 5.26 Å². The van der Waals surface area contributed by atoms with Crippen molar-refractivity contribution in [2.24, 2.45) is 0 Å². The van der Waals surface area contributed by atoms with Crippen LogP contribution in [-0.4, -0.2) is 41.8 Å². The normalized spacial score (nSPS) is 10.1. The Morgan fingerprint density at radius 3 is 2.48 bits per heavy atom. The molecule has 5 nitrogen and oxygen atoms in total. The Morgan fingerprint density at radius 2 is 1.92 bits per heavy atom. The summed E-state index contributed by atoms with van der Waals surface area (Å²) in [7, 11) is 1.64. The number of thiophene rings is 1. The van der Waals surface area contributed by atoms with E-state index in [1.165, 1.54) is 16.2 Å². The summed E-state index contributed by atoms with van der Waals surface area (Å²) in [6, 6.07) is 12.9. The molecule has 6 heteroatoms. The highest BCUT2D eigenvalue weighted by Crippen LogP contribution is 2.12. The highest BCUT2D eigenvalue weighted by atomic mass is 32.1. The van der Waals surface area contributed by atoms with Crippen LogP contribution >= 0.6 is 11.3 Å². The lowest BCUT2D eigenvalue weighted by Gasteiger charge is -2.25. The Morgan fingerprint density at radius 1 is 1.20 bits per heavy atom. The fourth-order valence-corrected chi connectivity index (χ4v) is 3.15. The second kappa shape index (κ2) is 9.00. The molecule has 1 aromatic heterocycles. The molecule has 0 bridgehead atoms. The number of amides is 2. The fraction of sp³-hybridized carbons (Fsp3) is 0.316. The number of nitriles is 1.